The molecule has 5 atom stereocenters. The van der Waals surface area contributed by atoms with Crippen molar-refractivity contribution >= 4 is 13.2 Å². The average Bonchev–Trinajstić information content (AvgIpc) is 3.10. The first-order valence-corrected chi connectivity index (χ1v) is 9.11. The third kappa shape index (κ3) is 1.68. The third-order valence-electron chi connectivity index (χ3n) is 5.56. The first-order chi connectivity index (χ1) is 8.83. The Morgan fingerprint density at radius 1 is 1.06 bits per heavy atom. The molecule has 18 heavy (non-hydrogen) atoms. The monoisotopic (exact) mass is 256 g/mol. The van der Waals surface area contributed by atoms with Crippen LogP contribution in [0.25, 0.3) is 0 Å². The van der Waals surface area contributed by atoms with Gasteiger partial charge in [-0.2, -0.15) is 0 Å². The molecule has 0 heterocycles. The van der Waals surface area contributed by atoms with Gasteiger partial charge in [-0.15, -0.1) is 0 Å². The second kappa shape index (κ2) is 4.34. The van der Waals surface area contributed by atoms with Crippen molar-refractivity contribution in [2.24, 2.45) is 23.7 Å². The van der Waals surface area contributed by atoms with Gasteiger partial charge in [0.05, 0.1) is 0 Å². The highest BCUT2D eigenvalue weighted by Gasteiger charge is 2.52. The molecule has 3 saturated carbocycles. The van der Waals surface area contributed by atoms with Crippen LogP contribution in [0.1, 0.15) is 25.7 Å². The van der Waals surface area contributed by atoms with E-state index in [-0.39, 0.29) is 7.92 Å². The molecule has 0 nitrogen and oxygen atoms in total. The van der Waals surface area contributed by atoms with Crippen LogP contribution >= 0.6 is 7.92 Å². The van der Waals surface area contributed by atoms with Crippen molar-refractivity contribution in [3.05, 3.63) is 42.4 Å². The van der Waals surface area contributed by atoms with Gasteiger partial charge < -0.3 is 0 Å². The molecule has 0 aliphatic heterocycles. The summed E-state index contributed by atoms with van der Waals surface area (Å²) in [6.45, 7) is 2.46. The van der Waals surface area contributed by atoms with Gasteiger partial charge in [-0.05, 0) is 67.7 Å². The minimum absolute atomic E-state index is 0.0511. The summed E-state index contributed by atoms with van der Waals surface area (Å²) in [5, 5.41) is 1.56. The highest BCUT2D eigenvalue weighted by Crippen LogP contribution is 2.65. The minimum atomic E-state index is -0.0511. The lowest BCUT2D eigenvalue weighted by molar-refractivity contribution is 0.283. The van der Waals surface area contributed by atoms with Crippen LogP contribution in [0, 0.1) is 35.8 Å². The summed E-state index contributed by atoms with van der Waals surface area (Å²) in [5.74, 6) is 4.13. The normalized spacial score (nSPS) is 40.1. The Morgan fingerprint density at radius 2 is 1.83 bits per heavy atom. The second-order valence-electron chi connectivity index (χ2n) is 6.33. The van der Waals surface area contributed by atoms with E-state index in [1.807, 2.05) is 0 Å². The van der Waals surface area contributed by atoms with Crippen molar-refractivity contribution in [1.82, 2.24) is 0 Å². The predicted octanol–water partition coefficient (Wildman–Crippen LogP) is 4.23. The fraction of sp³-hybridized carbons (Fsp3) is 0.529. The van der Waals surface area contributed by atoms with Crippen LogP contribution in [-0.2, 0) is 0 Å². The maximum Gasteiger partial charge on any atom is 0.00816 e. The number of hydrogen-bond donors (Lipinski definition) is 0. The Kier molecular flexibility index (Phi) is 2.77. The quantitative estimate of drug-likeness (QED) is 0.695. The summed E-state index contributed by atoms with van der Waals surface area (Å²) in [6.07, 6.45) is 8.71. The van der Waals surface area contributed by atoms with Crippen molar-refractivity contribution in [2.45, 2.75) is 25.7 Å². The Balaban J connectivity index is 1.52. The molecular formula is C17H21P. The SMILES string of the molecule is CP([C]1[CH]C2C3CCC(C3)C2C1)c1ccccc1. The number of rotatable bonds is 2. The largest absolute Gasteiger partial charge is 0.0709 e. The summed E-state index contributed by atoms with van der Waals surface area (Å²) < 4.78 is 0. The predicted molar refractivity (Wildman–Crippen MR) is 78.9 cm³/mol. The van der Waals surface area contributed by atoms with Gasteiger partial charge in [-0.3, -0.25) is 0 Å². The molecule has 2 radical (unpaired) electrons. The van der Waals surface area contributed by atoms with E-state index in [9.17, 15) is 0 Å². The molecule has 3 fully saturated rings. The van der Waals surface area contributed by atoms with E-state index in [2.05, 4.69) is 43.4 Å². The first kappa shape index (κ1) is 11.5. The molecule has 3 aliphatic carbocycles. The van der Waals surface area contributed by atoms with E-state index in [0.29, 0.717) is 0 Å². The van der Waals surface area contributed by atoms with E-state index >= 15 is 0 Å². The Labute approximate surface area is 112 Å². The fourth-order valence-corrected chi connectivity index (χ4v) is 6.45. The van der Waals surface area contributed by atoms with Crippen LogP contribution in [-0.4, -0.2) is 6.66 Å². The Hall–Kier alpha value is -0.350. The molecule has 4 rings (SSSR count). The Bertz CT molecular complexity index is 408. The lowest BCUT2D eigenvalue weighted by Gasteiger charge is -2.23. The summed E-state index contributed by atoms with van der Waals surface area (Å²) in [6, 6.07) is 11.1. The molecule has 0 amide bonds. The van der Waals surface area contributed by atoms with E-state index in [1.165, 1.54) is 19.3 Å². The maximum atomic E-state index is 2.70. The van der Waals surface area contributed by atoms with Crippen molar-refractivity contribution in [1.29, 1.82) is 0 Å². The zero-order valence-corrected chi connectivity index (χ0v) is 11.9. The molecule has 1 aromatic rings. The van der Waals surface area contributed by atoms with Gasteiger partial charge in [-0.25, -0.2) is 0 Å². The number of hydrogen-bond acceptors (Lipinski definition) is 0. The zero-order valence-electron chi connectivity index (χ0n) is 11.0. The van der Waals surface area contributed by atoms with Gasteiger partial charge in [-0.1, -0.05) is 38.3 Å². The molecule has 94 valence electrons. The molecule has 3 aliphatic rings. The van der Waals surface area contributed by atoms with Gasteiger partial charge in [0.2, 0.25) is 0 Å². The first-order valence-electron chi connectivity index (χ1n) is 7.32. The van der Waals surface area contributed by atoms with Crippen LogP contribution in [0.4, 0.5) is 0 Å². The van der Waals surface area contributed by atoms with Crippen LogP contribution in [0.3, 0.4) is 0 Å². The lowest BCUT2D eigenvalue weighted by atomic mass is 9.82. The highest BCUT2D eigenvalue weighted by molar-refractivity contribution is 7.68. The van der Waals surface area contributed by atoms with E-state index in [1.54, 1.807) is 17.4 Å². The Morgan fingerprint density at radius 3 is 2.61 bits per heavy atom. The molecule has 0 saturated heterocycles. The zero-order chi connectivity index (χ0) is 12.1. The topological polar surface area (TPSA) is 0 Å². The van der Waals surface area contributed by atoms with Crippen molar-refractivity contribution in [3.63, 3.8) is 0 Å². The number of fused-ring (bicyclic) bond motifs is 5. The fourth-order valence-electron chi connectivity index (χ4n) is 4.62. The molecule has 2 bridgehead atoms. The van der Waals surface area contributed by atoms with Crippen molar-refractivity contribution in [2.75, 3.05) is 6.66 Å². The molecule has 1 aromatic carbocycles. The van der Waals surface area contributed by atoms with Gasteiger partial charge >= 0.3 is 0 Å². The summed E-state index contributed by atoms with van der Waals surface area (Å²) in [4.78, 5) is 0. The van der Waals surface area contributed by atoms with Crippen LogP contribution in [0.15, 0.2) is 30.3 Å². The van der Waals surface area contributed by atoms with Crippen molar-refractivity contribution < 1.29 is 0 Å². The molecule has 5 unspecified atom stereocenters. The summed E-state index contributed by atoms with van der Waals surface area (Å²) in [7, 11) is -0.0511. The van der Waals surface area contributed by atoms with Crippen molar-refractivity contribution in [3.8, 4) is 0 Å². The molecule has 0 aromatic heterocycles. The molecular weight excluding hydrogens is 235 g/mol. The molecule has 0 N–H and O–H groups in total. The van der Waals surface area contributed by atoms with E-state index in [0.717, 1.165) is 23.7 Å². The maximum absolute atomic E-state index is 2.70. The molecule has 0 spiro atoms. The standard InChI is InChI=1S/C17H21P/c1-18(14-5-3-2-4-6-14)15-10-16-12-7-8-13(9-12)17(16)11-15/h2-6,10,12-13,16-17H,7-9,11H2,1H3. The number of benzene rings is 1. The van der Waals surface area contributed by atoms with E-state index in [4.69, 9.17) is 0 Å². The van der Waals surface area contributed by atoms with Crippen LogP contribution in [0.5, 0.6) is 0 Å². The smallest absolute Gasteiger partial charge is 0.00816 e. The third-order valence-corrected chi connectivity index (χ3v) is 7.83. The second-order valence-corrected chi connectivity index (χ2v) is 8.54. The van der Waals surface area contributed by atoms with Crippen LogP contribution in [0.2, 0.25) is 0 Å². The van der Waals surface area contributed by atoms with Gasteiger partial charge in [0.25, 0.3) is 0 Å². The molecule has 1 heteroatoms. The highest BCUT2D eigenvalue weighted by atomic mass is 31.1. The van der Waals surface area contributed by atoms with Gasteiger partial charge in [0.1, 0.15) is 0 Å². The summed E-state index contributed by atoms with van der Waals surface area (Å²) in [5.41, 5.74) is 1.79. The van der Waals surface area contributed by atoms with Crippen LogP contribution < -0.4 is 5.30 Å². The van der Waals surface area contributed by atoms with E-state index < -0.39 is 0 Å². The van der Waals surface area contributed by atoms with Gasteiger partial charge in [0.15, 0.2) is 0 Å². The lowest BCUT2D eigenvalue weighted by Crippen LogP contribution is -2.16. The average molecular weight is 256 g/mol. The minimum Gasteiger partial charge on any atom is -0.0709 e. The summed E-state index contributed by atoms with van der Waals surface area (Å²) >= 11 is 0. The van der Waals surface area contributed by atoms with Gasteiger partial charge in [0, 0.05) is 5.66 Å².